The number of pyridine rings is 1. The number of alkyl halides is 5. The van der Waals surface area contributed by atoms with Crippen molar-refractivity contribution >= 4 is 11.4 Å². The summed E-state index contributed by atoms with van der Waals surface area (Å²) in [5.74, 6) is -2.23. The van der Waals surface area contributed by atoms with Crippen molar-refractivity contribution in [1.29, 1.82) is 0 Å². The second-order valence-corrected chi connectivity index (χ2v) is 8.83. The first kappa shape index (κ1) is 23.9. The molecule has 0 spiro atoms. The quantitative estimate of drug-likeness (QED) is 0.401. The number of aliphatic hydroxyl groups is 1. The second kappa shape index (κ2) is 8.11. The molecule has 1 unspecified atom stereocenters. The molecule has 1 atom stereocenters. The van der Waals surface area contributed by atoms with Gasteiger partial charge in [-0.3, -0.25) is 4.79 Å². The first-order valence-corrected chi connectivity index (χ1v) is 10.8. The fourth-order valence-corrected chi connectivity index (χ4v) is 4.23. The van der Waals surface area contributed by atoms with Crippen LogP contribution in [0.1, 0.15) is 71.1 Å². The topological polar surface area (TPSA) is 113 Å². The number of carbonyl (C=O) groups excluding carboxylic acids is 1. The Morgan fingerprint density at radius 2 is 2.06 bits per heavy atom. The van der Waals surface area contributed by atoms with Gasteiger partial charge in [0.25, 0.3) is 12.3 Å². The number of amides is 1. The minimum atomic E-state index is -4.65. The van der Waals surface area contributed by atoms with Crippen molar-refractivity contribution in [1.82, 2.24) is 29.5 Å². The minimum Gasteiger partial charge on any atom is -0.432 e. The molecule has 36 heavy (non-hydrogen) atoms. The molecule has 0 aliphatic carbocycles. The summed E-state index contributed by atoms with van der Waals surface area (Å²) in [5.41, 5.74) is -2.87. The average molecular weight is 510 g/mol. The van der Waals surface area contributed by atoms with E-state index in [9.17, 15) is 31.9 Å². The summed E-state index contributed by atoms with van der Waals surface area (Å²) in [5, 5.41) is 14.4. The van der Waals surface area contributed by atoms with E-state index in [0.29, 0.717) is 11.4 Å². The minimum absolute atomic E-state index is 0.0000769. The van der Waals surface area contributed by atoms with Crippen molar-refractivity contribution in [3.05, 3.63) is 70.7 Å². The number of nitrogens with one attached hydrogen (secondary N) is 1. The van der Waals surface area contributed by atoms with Crippen LogP contribution in [0.2, 0.25) is 0 Å². The van der Waals surface area contributed by atoms with Crippen molar-refractivity contribution < 1.29 is 36.3 Å². The van der Waals surface area contributed by atoms with Crippen LogP contribution in [-0.2, 0) is 18.2 Å². The lowest BCUT2D eigenvalue weighted by molar-refractivity contribution is -0.136. The molecule has 0 bridgehead atoms. The van der Waals surface area contributed by atoms with Crippen molar-refractivity contribution in [2.75, 3.05) is 6.54 Å². The lowest BCUT2D eigenvalue weighted by Gasteiger charge is -2.33. The summed E-state index contributed by atoms with van der Waals surface area (Å²) in [6, 6.07) is 2.19. The fraction of sp³-hybridized carbons (Fsp3) is 0.364. The van der Waals surface area contributed by atoms with E-state index >= 15 is 0 Å². The Morgan fingerprint density at radius 3 is 2.72 bits per heavy atom. The van der Waals surface area contributed by atoms with Gasteiger partial charge in [-0.05, 0) is 32.0 Å². The highest BCUT2D eigenvalue weighted by molar-refractivity contribution is 5.93. The third-order valence-electron chi connectivity index (χ3n) is 5.87. The predicted molar refractivity (Wildman–Crippen MR) is 112 cm³/mol. The SMILES string of the molecule is CC(C)(O)c1nc(C(F)F)c(C(=O)N2CCc3[nH]cnc3C2c2cc3c(C(F)(F)F)cccn3n2)o1. The number of hydrogen-bond donors (Lipinski definition) is 2. The van der Waals surface area contributed by atoms with E-state index in [1.54, 1.807) is 0 Å². The van der Waals surface area contributed by atoms with E-state index in [0.717, 1.165) is 15.5 Å². The first-order chi connectivity index (χ1) is 16.9. The highest BCUT2D eigenvalue weighted by Crippen LogP contribution is 2.38. The molecule has 190 valence electrons. The van der Waals surface area contributed by atoms with Gasteiger partial charge in [0.15, 0.2) is 5.69 Å². The monoisotopic (exact) mass is 510 g/mol. The zero-order chi connectivity index (χ0) is 26.0. The number of aromatic nitrogens is 5. The number of imidazole rings is 1. The number of hydrogen-bond acceptors (Lipinski definition) is 6. The van der Waals surface area contributed by atoms with Crippen molar-refractivity contribution in [2.24, 2.45) is 0 Å². The maximum atomic E-state index is 13.7. The van der Waals surface area contributed by atoms with Gasteiger partial charge in [-0.25, -0.2) is 23.3 Å². The van der Waals surface area contributed by atoms with E-state index in [4.69, 9.17) is 4.42 Å². The maximum absolute atomic E-state index is 13.7. The summed E-state index contributed by atoms with van der Waals surface area (Å²) in [4.78, 5) is 25.5. The Labute approximate surface area is 199 Å². The van der Waals surface area contributed by atoms with Gasteiger partial charge < -0.3 is 19.4 Å². The largest absolute Gasteiger partial charge is 0.432 e. The molecule has 1 aliphatic rings. The van der Waals surface area contributed by atoms with Crippen LogP contribution in [0.15, 0.2) is 35.1 Å². The maximum Gasteiger partial charge on any atom is 0.418 e. The van der Waals surface area contributed by atoms with Gasteiger partial charge in [0.2, 0.25) is 11.7 Å². The lowest BCUT2D eigenvalue weighted by Crippen LogP contribution is -2.41. The third kappa shape index (κ3) is 3.90. The van der Waals surface area contributed by atoms with E-state index in [-0.39, 0.29) is 24.2 Å². The fourth-order valence-electron chi connectivity index (χ4n) is 4.23. The molecular weight excluding hydrogens is 491 g/mol. The van der Waals surface area contributed by atoms with Gasteiger partial charge in [-0.2, -0.15) is 18.3 Å². The van der Waals surface area contributed by atoms with Gasteiger partial charge >= 0.3 is 6.18 Å². The summed E-state index contributed by atoms with van der Waals surface area (Å²) >= 11 is 0. The number of aromatic amines is 1. The lowest BCUT2D eigenvalue weighted by atomic mass is 9.99. The van der Waals surface area contributed by atoms with E-state index in [1.807, 2.05) is 0 Å². The molecule has 1 aliphatic heterocycles. The zero-order valence-electron chi connectivity index (χ0n) is 18.8. The smallest absolute Gasteiger partial charge is 0.418 e. The number of H-pyrrole nitrogens is 1. The molecule has 0 aromatic carbocycles. The molecule has 4 aromatic rings. The van der Waals surface area contributed by atoms with E-state index < -0.39 is 53.1 Å². The average Bonchev–Trinajstić information content (AvgIpc) is 3.53. The number of carbonyl (C=O) groups is 1. The molecule has 0 saturated carbocycles. The normalized spacial score (nSPS) is 16.7. The highest BCUT2D eigenvalue weighted by atomic mass is 19.4. The van der Waals surface area contributed by atoms with Crippen LogP contribution < -0.4 is 0 Å². The molecule has 0 saturated heterocycles. The van der Waals surface area contributed by atoms with Gasteiger partial charge in [-0.15, -0.1) is 0 Å². The van der Waals surface area contributed by atoms with E-state index in [1.165, 1.54) is 38.5 Å². The number of nitrogens with zero attached hydrogens (tertiary/aromatic N) is 5. The molecule has 14 heteroatoms. The molecular formula is C22H19F5N6O3. The van der Waals surface area contributed by atoms with Crippen LogP contribution in [0.5, 0.6) is 0 Å². The summed E-state index contributed by atoms with van der Waals surface area (Å²) < 4.78 is 74.5. The number of oxazole rings is 1. The Hall–Kier alpha value is -3.81. The summed E-state index contributed by atoms with van der Waals surface area (Å²) in [7, 11) is 0. The number of fused-ring (bicyclic) bond motifs is 2. The van der Waals surface area contributed by atoms with Crippen LogP contribution in [-0.4, -0.2) is 47.0 Å². The van der Waals surface area contributed by atoms with Crippen molar-refractivity contribution in [3.63, 3.8) is 0 Å². The summed E-state index contributed by atoms with van der Waals surface area (Å²) in [6.45, 7) is 2.52. The highest BCUT2D eigenvalue weighted by Gasteiger charge is 2.41. The second-order valence-electron chi connectivity index (χ2n) is 8.83. The molecule has 0 radical (unpaired) electrons. The Morgan fingerprint density at radius 1 is 1.31 bits per heavy atom. The van der Waals surface area contributed by atoms with Crippen molar-refractivity contribution in [3.8, 4) is 0 Å². The molecule has 2 N–H and O–H groups in total. The van der Waals surface area contributed by atoms with Gasteiger partial charge in [0.05, 0.1) is 28.8 Å². The summed E-state index contributed by atoms with van der Waals surface area (Å²) in [6.07, 6.45) is -4.87. The van der Waals surface area contributed by atoms with Gasteiger partial charge in [-0.1, -0.05) is 0 Å². The first-order valence-electron chi connectivity index (χ1n) is 10.8. The van der Waals surface area contributed by atoms with E-state index in [2.05, 4.69) is 20.1 Å². The zero-order valence-corrected chi connectivity index (χ0v) is 18.8. The molecule has 9 nitrogen and oxygen atoms in total. The van der Waals surface area contributed by atoms with Gasteiger partial charge in [0, 0.05) is 24.9 Å². The van der Waals surface area contributed by atoms with Crippen LogP contribution >= 0.6 is 0 Å². The standard InChI is InChI=1S/C22H19F5N6O3/c1-21(2,35)20-30-15(18(23)24)17(36-20)19(34)32-7-5-11-14(29-9-28-11)16(32)12-8-13-10(22(25,26)27)4-3-6-33(13)31-12/h3-4,6,8-9,16,18,35H,5,7H2,1-2H3,(H,28,29). The van der Waals surface area contributed by atoms with Crippen LogP contribution in [0.25, 0.3) is 5.52 Å². The molecule has 1 amide bonds. The third-order valence-corrected chi connectivity index (χ3v) is 5.87. The number of rotatable bonds is 4. The van der Waals surface area contributed by atoms with Crippen LogP contribution in [0.3, 0.4) is 0 Å². The van der Waals surface area contributed by atoms with Crippen LogP contribution in [0, 0.1) is 0 Å². The Kier molecular flexibility index (Phi) is 5.39. The Balaban J connectivity index is 1.64. The molecule has 5 heterocycles. The van der Waals surface area contributed by atoms with Crippen LogP contribution in [0.4, 0.5) is 22.0 Å². The van der Waals surface area contributed by atoms with Crippen molar-refractivity contribution in [2.45, 2.75) is 44.5 Å². The molecule has 5 rings (SSSR count). The predicted octanol–water partition coefficient (Wildman–Crippen LogP) is 4.02. The Bertz CT molecular complexity index is 1450. The molecule has 4 aromatic heterocycles. The molecule has 0 fully saturated rings. The van der Waals surface area contributed by atoms with Gasteiger partial charge in [0.1, 0.15) is 11.6 Å². The number of halogens is 5.